The van der Waals surface area contributed by atoms with Gasteiger partial charge in [-0.1, -0.05) is 18.2 Å². The van der Waals surface area contributed by atoms with Crippen LogP contribution in [0.1, 0.15) is 10.4 Å². The number of carbonyl (C=O) groups is 1. The van der Waals surface area contributed by atoms with E-state index in [1.54, 1.807) is 30.3 Å². The van der Waals surface area contributed by atoms with Crippen molar-refractivity contribution in [2.75, 3.05) is 5.32 Å². The molecule has 2 N–H and O–H groups in total. The fourth-order valence-electron chi connectivity index (χ4n) is 1.44. The first kappa shape index (κ1) is 12.6. The van der Waals surface area contributed by atoms with Crippen molar-refractivity contribution < 1.29 is 14.3 Å². The average molecular weight is 310 g/mol. The maximum absolute atomic E-state index is 13.2. The highest BCUT2D eigenvalue weighted by atomic mass is 79.9. The lowest BCUT2D eigenvalue weighted by Gasteiger charge is -2.09. The topological polar surface area (TPSA) is 49.3 Å². The van der Waals surface area contributed by atoms with Gasteiger partial charge in [0.1, 0.15) is 5.69 Å². The summed E-state index contributed by atoms with van der Waals surface area (Å²) < 4.78 is 13.6. The lowest BCUT2D eigenvalue weighted by Crippen LogP contribution is -2.12. The number of carbonyl (C=O) groups excluding carboxylic acids is 1. The Morgan fingerprint density at radius 1 is 1.17 bits per heavy atom. The lowest BCUT2D eigenvalue weighted by molar-refractivity contribution is 0.102. The highest BCUT2D eigenvalue weighted by Crippen LogP contribution is 2.34. The number of halogens is 2. The van der Waals surface area contributed by atoms with E-state index in [9.17, 15) is 14.3 Å². The van der Waals surface area contributed by atoms with Crippen LogP contribution in [0.3, 0.4) is 0 Å². The third-order valence-corrected chi connectivity index (χ3v) is 3.01. The van der Waals surface area contributed by atoms with Crippen molar-refractivity contribution in [1.29, 1.82) is 0 Å². The molecular formula is C13H9BrFNO2. The van der Waals surface area contributed by atoms with Crippen LogP contribution in [0.2, 0.25) is 0 Å². The minimum absolute atomic E-state index is 0.0175. The molecule has 0 aromatic heterocycles. The van der Waals surface area contributed by atoms with Crippen LogP contribution in [-0.2, 0) is 0 Å². The number of phenolic OH excluding ortho intramolecular Hbond substituents is 1. The molecule has 3 nitrogen and oxygen atoms in total. The first-order chi connectivity index (χ1) is 8.59. The molecule has 0 aliphatic rings. The van der Waals surface area contributed by atoms with Crippen LogP contribution < -0.4 is 5.32 Å². The first-order valence-corrected chi connectivity index (χ1v) is 5.92. The molecule has 0 radical (unpaired) electrons. The summed E-state index contributed by atoms with van der Waals surface area (Å²) in [6.07, 6.45) is 0. The Morgan fingerprint density at radius 2 is 1.83 bits per heavy atom. The predicted octanol–water partition coefficient (Wildman–Crippen LogP) is 3.55. The molecule has 0 saturated heterocycles. The van der Waals surface area contributed by atoms with E-state index in [1.165, 1.54) is 6.07 Å². The van der Waals surface area contributed by atoms with Gasteiger partial charge in [0.05, 0.1) is 0 Å². The summed E-state index contributed by atoms with van der Waals surface area (Å²) in [5.41, 5.74) is 0.442. The molecule has 2 aromatic rings. The Bertz CT molecular complexity index is 587. The molecule has 0 bridgehead atoms. The number of aromatic hydroxyl groups is 1. The van der Waals surface area contributed by atoms with Gasteiger partial charge in [0.25, 0.3) is 5.91 Å². The van der Waals surface area contributed by atoms with Gasteiger partial charge >= 0.3 is 0 Å². The first-order valence-electron chi connectivity index (χ1n) is 5.13. The number of nitrogens with one attached hydrogen (secondary N) is 1. The van der Waals surface area contributed by atoms with Crippen LogP contribution in [0.25, 0.3) is 0 Å². The van der Waals surface area contributed by atoms with Gasteiger partial charge in [-0.05, 0) is 40.2 Å². The zero-order chi connectivity index (χ0) is 13.1. The zero-order valence-corrected chi connectivity index (χ0v) is 10.7. The SMILES string of the molecule is O=C(Nc1c(Br)ccc(F)c1O)c1ccccc1. The number of rotatable bonds is 2. The van der Waals surface area contributed by atoms with E-state index in [1.807, 2.05) is 0 Å². The van der Waals surface area contributed by atoms with Gasteiger partial charge < -0.3 is 10.4 Å². The van der Waals surface area contributed by atoms with Crippen LogP contribution >= 0.6 is 15.9 Å². The fraction of sp³-hybridized carbons (Fsp3) is 0. The molecule has 5 heteroatoms. The molecule has 2 rings (SSSR count). The lowest BCUT2D eigenvalue weighted by atomic mass is 10.2. The third-order valence-electron chi connectivity index (χ3n) is 2.35. The summed E-state index contributed by atoms with van der Waals surface area (Å²) >= 11 is 3.14. The largest absolute Gasteiger partial charge is 0.503 e. The van der Waals surface area contributed by atoms with E-state index in [4.69, 9.17) is 0 Å². The van der Waals surface area contributed by atoms with Crippen molar-refractivity contribution in [2.45, 2.75) is 0 Å². The summed E-state index contributed by atoms with van der Waals surface area (Å²) in [6.45, 7) is 0. The minimum atomic E-state index is -0.790. The quantitative estimate of drug-likeness (QED) is 0.834. The van der Waals surface area contributed by atoms with E-state index in [0.29, 0.717) is 10.0 Å². The van der Waals surface area contributed by atoms with Crippen molar-refractivity contribution in [3.63, 3.8) is 0 Å². The average Bonchev–Trinajstić information content (AvgIpc) is 2.40. The standard InChI is InChI=1S/C13H9BrFNO2/c14-9-6-7-10(15)12(17)11(9)16-13(18)8-4-2-1-3-5-8/h1-7,17H,(H,16,18). The zero-order valence-electron chi connectivity index (χ0n) is 9.15. The second-order valence-corrected chi connectivity index (χ2v) is 4.43. The number of amides is 1. The Balaban J connectivity index is 2.30. The second-order valence-electron chi connectivity index (χ2n) is 3.57. The van der Waals surface area contributed by atoms with Crippen molar-refractivity contribution >= 4 is 27.5 Å². The summed E-state index contributed by atoms with van der Waals surface area (Å²) in [7, 11) is 0. The highest BCUT2D eigenvalue weighted by molar-refractivity contribution is 9.10. The van der Waals surface area contributed by atoms with Gasteiger partial charge in [-0.3, -0.25) is 4.79 Å². The highest BCUT2D eigenvalue weighted by Gasteiger charge is 2.14. The summed E-state index contributed by atoms with van der Waals surface area (Å²) in [4.78, 5) is 11.9. The number of hydrogen-bond acceptors (Lipinski definition) is 2. The molecule has 1 amide bonds. The molecule has 0 saturated carbocycles. The predicted molar refractivity (Wildman–Crippen MR) is 70.2 cm³/mol. The maximum Gasteiger partial charge on any atom is 0.255 e. The molecule has 0 spiro atoms. The van der Waals surface area contributed by atoms with E-state index in [0.717, 1.165) is 6.07 Å². The molecule has 0 heterocycles. The van der Waals surface area contributed by atoms with E-state index >= 15 is 0 Å². The van der Waals surface area contributed by atoms with E-state index in [2.05, 4.69) is 21.2 Å². The Kier molecular flexibility index (Phi) is 3.62. The van der Waals surface area contributed by atoms with Gasteiger partial charge in [-0.25, -0.2) is 4.39 Å². The minimum Gasteiger partial charge on any atom is -0.503 e. The monoisotopic (exact) mass is 309 g/mol. The van der Waals surface area contributed by atoms with Gasteiger partial charge in [0, 0.05) is 10.0 Å². The number of hydrogen-bond donors (Lipinski definition) is 2. The molecular weight excluding hydrogens is 301 g/mol. The Labute approximate surface area is 111 Å². The van der Waals surface area contributed by atoms with Crippen LogP contribution in [0, 0.1) is 5.82 Å². The molecule has 0 atom stereocenters. The van der Waals surface area contributed by atoms with Crippen molar-refractivity contribution in [3.05, 3.63) is 58.3 Å². The van der Waals surface area contributed by atoms with Gasteiger partial charge in [-0.15, -0.1) is 0 Å². The van der Waals surface area contributed by atoms with Gasteiger partial charge in [0.2, 0.25) is 0 Å². The summed E-state index contributed by atoms with van der Waals surface area (Å²) in [5, 5.41) is 12.0. The van der Waals surface area contributed by atoms with E-state index < -0.39 is 17.5 Å². The molecule has 2 aromatic carbocycles. The summed E-state index contributed by atoms with van der Waals surface area (Å²) in [5.74, 6) is -1.80. The van der Waals surface area contributed by atoms with Crippen molar-refractivity contribution in [3.8, 4) is 5.75 Å². The van der Waals surface area contributed by atoms with Crippen molar-refractivity contribution in [1.82, 2.24) is 0 Å². The number of benzene rings is 2. The van der Waals surface area contributed by atoms with Crippen molar-refractivity contribution in [2.24, 2.45) is 0 Å². The molecule has 0 aliphatic carbocycles. The Morgan fingerprint density at radius 3 is 2.50 bits per heavy atom. The number of phenols is 1. The maximum atomic E-state index is 13.2. The van der Waals surface area contributed by atoms with Gasteiger partial charge in [0.15, 0.2) is 11.6 Å². The smallest absolute Gasteiger partial charge is 0.255 e. The number of anilines is 1. The van der Waals surface area contributed by atoms with Gasteiger partial charge in [-0.2, -0.15) is 0 Å². The molecule has 0 aliphatic heterocycles. The third kappa shape index (κ3) is 2.51. The molecule has 92 valence electrons. The second kappa shape index (κ2) is 5.18. The molecule has 18 heavy (non-hydrogen) atoms. The normalized spacial score (nSPS) is 10.1. The van der Waals surface area contributed by atoms with Crippen LogP contribution in [0.5, 0.6) is 5.75 Å². The molecule has 0 unspecified atom stereocenters. The van der Waals surface area contributed by atoms with Crippen LogP contribution in [0.4, 0.5) is 10.1 Å². The van der Waals surface area contributed by atoms with Crippen LogP contribution in [0.15, 0.2) is 46.9 Å². The van der Waals surface area contributed by atoms with E-state index in [-0.39, 0.29) is 5.69 Å². The molecule has 0 fully saturated rings. The Hall–Kier alpha value is -1.88. The van der Waals surface area contributed by atoms with Crippen LogP contribution in [-0.4, -0.2) is 11.0 Å². The summed E-state index contributed by atoms with van der Waals surface area (Å²) in [6, 6.07) is 11.0. The fourth-order valence-corrected chi connectivity index (χ4v) is 1.85.